The van der Waals surface area contributed by atoms with Gasteiger partial charge in [-0.3, -0.25) is 0 Å². The minimum atomic E-state index is -0.610. The van der Waals surface area contributed by atoms with Gasteiger partial charge in [0.2, 0.25) is 0 Å². The molecule has 12 nitrogen and oxygen atoms in total. The van der Waals surface area contributed by atoms with Gasteiger partial charge in [-0.15, -0.1) is 0 Å². The van der Waals surface area contributed by atoms with Gasteiger partial charge in [0.15, 0.2) is 0 Å². The minimum Gasteiger partial charge on any atom is -0.422 e. The maximum atomic E-state index is 13.5. The van der Waals surface area contributed by atoms with Gasteiger partial charge in [-0.2, -0.15) is 0 Å². The van der Waals surface area contributed by atoms with Gasteiger partial charge in [-0.25, -0.2) is 28.8 Å². The van der Waals surface area contributed by atoms with Gasteiger partial charge in [0, 0.05) is 32.3 Å². The van der Waals surface area contributed by atoms with Crippen molar-refractivity contribution in [2.24, 2.45) is 0 Å². The zero-order valence-corrected chi connectivity index (χ0v) is 40.5. The molecular weight excluding hydrogens is 913 g/mol. The summed E-state index contributed by atoms with van der Waals surface area (Å²) in [5.41, 5.74) is 8.87. The van der Waals surface area contributed by atoms with Crippen LogP contribution in [0.25, 0.3) is 98.1 Å². The van der Waals surface area contributed by atoms with Gasteiger partial charge in [0.25, 0.3) is 0 Å². The van der Waals surface area contributed by atoms with E-state index in [1.54, 1.807) is 0 Å². The lowest BCUT2D eigenvalue weighted by molar-refractivity contribution is 0.555. The van der Waals surface area contributed by atoms with Gasteiger partial charge in [0.05, 0.1) is 32.3 Å². The minimum absolute atomic E-state index is 0. The fourth-order valence-electron chi connectivity index (χ4n) is 10.8. The maximum absolute atomic E-state index is 13.5. The second-order valence-electron chi connectivity index (χ2n) is 19.2. The van der Waals surface area contributed by atoms with E-state index >= 15 is 0 Å². The van der Waals surface area contributed by atoms with Crippen LogP contribution in [0, 0.1) is 69.2 Å². The molecule has 0 aliphatic heterocycles. The van der Waals surface area contributed by atoms with Crippen LogP contribution in [0.4, 0.5) is 0 Å². The highest BCUT2D eigenvalue weighted by atomic mass is 16.4. The van der Waals surface area contributed by atoms with E-state index in [4.69, 9.17) is 26.5 Å². The van der Waals surface area contributed by atoms with Crippen LogP contribution in [-0.2, 0) is 6.42 Å². The van der Waals surface area contributed by atoms with Gasteiger partial charge in [-0.1, -0.05) is 43.8 Å². The maximum Gasteiger partial charge on any atom is 0.345 e. The second kappa shape index (κ2) is 16.8. The van der Waals surface area contributed by atoms with E-state index in [-0.39, 0.29) is 29.0 Å². The molecular formula is C60H48O12. The number of fused-ring (bicyclic) bond motifs is 15. The highest BCUT2D eigenvalue weighted by molar-refractivity contribution is 6.16. The van der Waals surface area contributed by atoms with Crippen molar-refractivity contribution < 1.29 is 26.5 Å². The monoisotopic (exact) mass is 960 g/mol. The molecule has 0 amide bonds. The van der Waals surface area contributed by atoms with Crippen molar-refractivity contribution in [2.45, 2.75) is 83.1 Å². The summed E-state index contributed by atoms with van der Waals surface area (Å²) in [6.45, 7) is 18.8. The van der Waals surface area contributed by atoms with Crippen molar-refractivity contribution in [3.8, 4) is 0 Å². The standard InChI is InChI=1S/C39H28O8.C20H16O4.CH4/c1-16-7-18(3)32-24(9-16)28-30(38(42)44-32)26-14-22(11-20(5)34(26)46-36(28)40)13-23-12-21(6)35-27(15-23)31-29(37(41)47-35)25-10-17(2)8-19(4)33(25)45-39(31)43;1-9-5-11(3)17-13(7-9)15-16(20(22)23-17)14-8-10(2)6-12(4)18(14)24-19(15)21;/h7-12,14-15H,13H2,1-6H3;5-8H,1-4H3;1H4. The smallest absolute Gasteiger partial charge is 0.345 e. The van der Waals surface area contributed by atoms with Crippen molar-refractivity contribution >= 4 is 98.1 Å². The SMILES string of the molecule is C.Cc1cc(C)c2oc(=O)c3c4cc(C)cc(C)c4oc(=O)c3c2c1.Cc1cc(C)c2oc(=O)c3c4cc(Cc5cc(C)c6oc(=O)c7c8cc(C)cc(C)c8oc(=O)c7c6c5)cc(C)c4oc(=O)c3c2c1. The summed E-state index contributed by atoms with van der Waals surface area (Å²) in [4.78, 5) is 78.9. The number of rotatable bonds is 2. The second-order valence-corrected chi connectivity index (χ2v) is 19.2. The molecule has 0 aliphatic carbocycles. The molecule has 0 atom stereocenters. The Morgan fingerprint density at radius 1 is 0.264 bits per heavy atom. The normalized spacial score (nSPS) is 11.8. The third-order valence-corrected chi connectivity index (χ3v) is 13.5. The molecule has 12 rings (SSSR count). The molecule has 6 aromatic carbocycles. The third kappa shape index (κ3) is 7.27. The molecule has 0 spiro atoms. The molecule has 0 saturated heterocycles. The van der Waals surface area contributed by atoms with Crippen LogP contribution in [0.2, 0.25) is 0 Å². The first-order valence-electron chi connectivity index (χ1n) is 23.1. The molecule has 360 valence electrons. The van der Waals surface area contributed by atoms with Crippen molar-refractivity contribution in [3.63, 3.8) is 0 Å². The highest BCUT2D eigenvalue weighted by Crippen LogP contribution is 2.35. The molecule has 72 heavy (non-hydrogen) atoms. The molecule has 0 unspecified atom stereocenters. The Morgan fingerprint density at radius 2 is 0.444 bits per heavy atom. The Balaban J connectivity index is 0.000000200. The predicted octanol–water partition coefficient (Wildman–Crippen LogP) is 12.8. The molecule has 12 heteroatoms. The Labute approximate surface area is 408 Å². The van der Waals surface area contributed by atoms with Crippen LogP contribution in [0.15, 0.2) is 128 Å². The largest absolute Gasteiger partial charge is 0.422 e. The van der Waals surface area contributed by atoms with Gasteiger partial charge >= 0.3 is 33.8 Å². The zero-order valence-electron chi connectivity index (χ0n) is 40.5. The fourth-order valence-corrected chi connectivity index (χ4v) is 10.8. The third-order valence-electron chi connectivity index (χ3n) is 13.5. The summed E-state index contributed by atoms with van der Waals surface area (Å²) < 4.78 is 34.4. The van der Waals surface area contributed by atoms with E-state index in [9.17, 15) is 28.8 Å². The Kier molecular flexibility index (Phi) is 11.0. The molecule has 0 radical (unpaired) electrons. The summed E-state index contributed by atoms with van der Waals surface area (Å²) >= 11 is 0. The molecule has 0 aliphatic rings. The quantitative estimate of drug-likeness (QED) is 0.118. The van der Waals surface area contributed by atoms with E-state index in [0.717, 1.165) is 55.6 Å². The van der Waals surface area contributed by atoms with E-state index in [2.05, 4.69) is 0 Å². The number of aryl methyl sites for hydroxylation is 10. The number of benzene rings is 6. The number of hydrogen-bond acceptors (Lipinski definition) is 12. The average Bonchev–Trinajstić information content (AvgIpc) is 3.28. The van der Waals surface area contributed by atoms with Gasteiger partial charge in [-0.05, 0) is 179 Å². The van der Waals surface area contributed by atoms with Crippen molar-refractivity contribution in [3.05, 3.63) is 202 Å². The first-order valence-corrected chi connectivity index (χ1v) is 23.1. The zero-order chi connectivity index (χ0) is 50.2. The molecule has 6 heterocycles. The molecule has 6 aromatic heterocycles. The fraction of sp³-hybridized carbons (Fsp3) is 0.200. The van der Waals surface area contributed by atoms with Crippen molar-refractivity contribution in [2.75, 3.05) is 0 Å². The summed E-state index contributed by atoms with van der Waals surface area (Å²) in [5.74, 6) is 0. The predicted molar refractivity (Wildman–Crippen MR) is 285 cm³/mol. The Bertz CT molecular complexity index is 4500. The highest BCUT2D eigenvalue weighted by Gasteiger charge is 2.23. The van der Waals surface area contributed by atoms with Crippen LogP contribution in [0.3, 0.4) is 0 Å². The summed E-state index contributed by atoms with van der Waals surface area (Å²) in [6, 6.07) is 22.5. The first-order chi connectivity index (χ1) is 33.8. The Hall–Kier alpha value is -8.64. The average molecular weight is 961 g/mol. The first kappa shape index (κ1) is 47.1. The Morgan fingerprint density at radius 3 is 0.653 bits per heavy atom. The van der Waals surface area contributed by atoms with E-state index in [1.165, 1.54) is 0 Å². The van der Waals surface area contributed by atoms with Crippen molar-refractivity contribution in [1.82, 2.24) is 0 Å². The van der Waals surface area contributed by atoms with Gasteiger partial charge in [0.1, 0.15) is 33.5 Å². The van der Waals surface area contributed by atoms with E-state index in [0.29, 0.717) is 94.1 Å². The van der Waals surface area contributed by atoms with Gasteiger partial charge < -0.3 is 26.5 Å². The van der Waals surface area contributed by atoms with E-state index in [1.807, 2.05) is 142 Å². The van der Waals surface area contributed by atoms with Crippen LogP contribution in [0.5, 0.6) is 0 Å². The topological polar surface area (TPSA) is 181 Å². The van der Waals surface area contributed by atoms with Crippen molar-refractivity contribution in [1.29, 1.82) is 0 Å². The molecule has 0 bridgehead atoms. The summed E-state index contributed by atoms with van der Waals surface area (Å²) in [5, 5.41) is 4.61. The van der Waals surface area contributed by atoms with Crippen LogP contribution >= 0.6 is 0 Å². The molecule has 0 fully saturated rings. The molecule has 0 N–H and O–H groups in total. The van der Waals surface area contributed by atoms with Crippen LogP contribution < -0.4 is 33.8 Å². The number of hydrogen-bond donors (Lipinski definition) is 0. The summed E-state index contributed by atoms with van der Waals surface area (Å²) in [6.07, 6.45) is 0.406. The van der Waals surface area contributed by atoms with Crippen LogP contribution in [0.1, 0.15) is 74.2 Å². The molecule has 0 saturated carbocycles. The lowest BCUT2D eigenvalue weighted by Gasteiger charge is -2.12. The lowest BCUT2D eigenvalue weighted by Crippen LogP contribution is -2.11. The van der Waals surface area contributed by atoms with E-state index < -0.39 is 33.8 Å². The lowest BCUT2D eigenvalue weighted by atomic mass is 9.95. The summed E-state index contributed by atoms with van der Waals surface area (Å²) in [7, 11) is 0. The molecule has 12 aromatic rings. The van der Waals surface area contributed by atoms with Crippen LogP contribution in [-0.4, -0.2) is 0 Å².